The van der Waals surface area contributed by atoms with Gasteiger partial charge < -0.3 is 0 Å². The molecule has 2 heteroatoms. The van der Waals surface area contributed by atoms with Crippen molar-refractivity contribution in [3.8, 4) is 0 Å². The van der Waals surface area contributed by atoms with Crippen LogP contribution in [-0.4, -0.2) is 19.8 Å². The Kier molecular flexibility index (Phi) is 18.1. The first kappa shape index (κ1) is 18.2. The molecule has 15 heavy (non-hydrogen) atoms. The van der Waals surface area contributed by atoms with Crippen LogP contribution in [0.15, 0.2) is 18.2 Å². The number of allylic oxidation sites excluding steroid dienone is 3. The standard InChI is InChI=1S/C5H6.2C4H9.Li.Sn/c1-3-5-4-2;2*1-3-4-2;;/h1,3-5H,2H2;2*1,3-4H2,2H3;;/q-1;;;+1;. The fourth-order valence-electron chi connectivity index (χ4n) is 1.50. The normalized spacial score (nSPS) is 10.6. The second-order valence-electron chi connectivity index (χ2n) is 3.78. The van der Waals surface area contributed by atoms with E-state index in [0.717, 1.165) is 0 Å². The van der Waals surface area contributed by atoms with Crippen molar-refractivity contribution in [3.05, 3.63) is 24.8 Å². The summed E-state index contributed by atoms with van der Waals surface area (Å²) in [5, 5.41) is 0. The molecule has 0 unspecified atom stereocenters. The van der Waals surface area contributed by atoms with E-state index < -0.39 is 19.8 Å². The van der Waals surface area contributed by atoms with Gasteiger partial charge in [-0.2, -0.15) is 0 Å². The van der Waals surface area contributed by atoms with Crippen molar-refractivity contribution in [1.29, 1.82) is 0 Å². The van der Waals surface area contributed by atoms with Crippen LogP contribution in [0, 0.1) is 6.58 Å². The molecule has 0 atom stereocenters. The number of rotatable bonds is 9. The van der Waals surface area contributed by atoms with Gasteiger partial charge in [-0.25, -0.2) is 0 Å². The van der Waals surface area contributed by atoms with Crippen LogP contribution in [-0.2, 0) is 0 Å². The molecule has 0 aromatic rings. The largest absolute Gasteiger partial charge is 1.00 e. The molecule has 0 rings (SSSR count). The molecule has 0 amide bonds. The second-order valence-corrected chi connectivity index (χ2v) is 12.1. The van der Waals surface area contributed by atoms with Crippen molar-refractivity contribution in [1.82, 2.24) is 0 Å². The van der Waals surface area contributed by atoms with Crippen molar-refractivity contribution in [2.45, 2.75) is 52.8 Å². The van der Waals surface area contributed by atoms with Crippen LogP contribution in [0.1, 0.15) is 39.5 Å². The molecule has 0 aliphatic carbocycles. The molecule has 0 heterocycles. The molecule has 0 N–H and O–H groups in total. The Labute approximate surface area is 116 Å². The first-order chi connectivity index (χ1) is 6.85. The van der Waals surface area contributed by atoms with E-state index in [4.69, 9.17) is 6.58 Å². The Balaban J connectivity index is 0. The molecule has 0 saturated carbocycles. The number of hydrogen-bond donors (Lipinski definition) is 0. The van der Waals surface area contributed by atoms with E-state index >= 15 is 0 Å². The van der Waals surface area contributed by atoms with E-state index in [2.05, 4.69) is 19.9 Å². The SMILES string of the molecule is [CH-]=CC=C[CH2][Sn]([CH2]CCC)[CH2]CCC.[Li+]. The minimum Gasteiger partial charge on any atom is 1.00 e. The maximum atomic E-state index is 5.33. The zero-order valence-electron chi connectivity index (χ0n) is 10.8. The number of hydrogen-bond acceptors (Lipinski definition) is 0. The van der Waals surface area contributed by atoms with Crippen LogP contribution < -0.4 is 18.9 Å². The Morgan fingerprint density at radius 3 is 2.00 bits per heavy atom. The van der Waals surface area contributed by atoms with Crippen molar-refractivity contribution in [2.24, 2.45) is 0 Å². The molecule has 0 aliphatic rings. The van der Waals surface area contributed by atoms with Crippen molar-refractivity contribution < 1.29 is 18.9 Å². The minimum absolute atomic E-state index is 0. The van der Waals surface area contributed by atoms with Gasteiger partial charge in [-0.1, -0.05) is 0 Å². The van der Waals surface area contributed by atoms with Gasteiger partial charge in [-0.05, 0) is 0 Å². The Morgan fingerprint density at radius 2 is 1.60 bits per heavy atom. The summed E-state index contributed by atoms with van der Waals surface area (Å²) in [7, 11) is 0. The summed E-state index contributed by atoms with van der Waals surface area (Å²) in [5.41, 5.74) is 0. The third-order valence-electron chi connectivity index (χ3n) is 2.42. The van der Waals surface area contributed by atoms with Gasteiger partial charge in [0.05, 0.1) is 0 Å². The van der Waals surface area contributed by atoms with Gasteiger partial charge in [-0.3, -0.25) is 0 Å². The third kappa shape index (κ3) is 12.8. The summed E-state index contributed by atoms with van der Waals surface area (Å²) >= 11 is -1.02. The predicted octanol–water partition coefficient (Wildman–Crippen LogP) is 1.63. The van der Waals surface area contributed by atoms with Gasteiger partial charge in [0, 0.05) is 0 Å². The second kappa shape index (κ2) is 14.9. The summed E-state index contributed by atoms with van der Waals surface area (Å²) in [5.74, 6) is 0. The van der Waals surface area contributed by atoms with E-state index in [1.807, 2.05) is 6.08 Å². The maximum Gasteiger partial charge on any atom is 1.00 e. The van der Waals surface area contributed by atoms with Crippen LogP contribution >= 0.6 is 0 Å². The van der Waals surface area contributed by atoms with Gasteiger partial charge in [0.2, 0.25) is 0 Å². The van der Waals surface area contributed by atoms with Gasteiger partial charge in [-0.15, -0.1) is 0 Å². The summed E-state index contributed by atoms with van der Waals surface area (Å²) in [6.45, 7) is 9.92. The maximum absolute atomic E-state index is 5.33. The summed E-state index contributed by atoms with van der Waals surface area (Å²) < 4.78 is 4.55. The molecule has 0 aromatic heterocycles. The number of unbranched alkanes of at least 4 members (excludes halogenated alkanes) is 2. The minimum atomic E-state index is -1.02. The first-order valence-corrected chi connectivity index (χ1v) is 11.9. The van der Waals surface area contributed by atoms with Crippen LogP contribution in [0.25, 0.3) is 0 Å². The average molecular weight is 306 g/mol. The van der Waals surface area contributed by atoms with Gasteiger partial charge in [0.25, 0.3) is 0 Å². The zero-order valence-corrected chi connectivity index (χ0v) is 13.6. The van der Waals surface area contributed by atoms with Gasteiger partial charge >= 0.3 is 116 Å². The smallest absolute Gasteiger partial charge is 1.00 e. The monoisotopic (exact) mass is 307 g/mol. The summed E-state index contributed by atoms with van der Waals surface area (Å²) in [6.07, 6.45) is 11.6. The molecule has 0 bridgehead atoms. The van der Waals surface area contributed by atoms with E-state index in [0.29, 0.717) is 0 Å². The average Bonchev–Trinajstić information content (AvgIpc) is 2.21. The Hall–Kier alpha value is 0.876. The van der Waals surface area contributed by atoms with Crippen LogP contribution in [0.5, 0.6) is 0 Å². The van der Waals surface area contributed by atoms with Gasteiger partial charge in [0.1, 0.15) is 0 Å². The quantitative estimate of drug-likeness (QED) is 0.345. The van der Waals surface area contributed by atoms with E-state index in [1.54, 1.807) is 14.9 Å². The van der Waals surface area contributed by atoms with Crippen LogP contribution in [0.3, 0.4) is 0 Å². The summed E-state index contributed by atoms with van der Waals surface area (Å²) in [4.78, 5) is 0. The molecule has 0 saturated heterocycles. The molecule has 0 spiro atoms. The van der Waals surface area contributed by atoms with Crippen molar-refractivity contribution in [2.75, 3.05) is 0 Å². The molecule has 0 aromatic carbocycles. The van der Waals surface area contributed by atoms with Gasteiger partial charge in [0.15, 0.2) is 0 Å². The molecule has 0 nitrogen and oxygen atoms in total. The fraction of sp³-hybridized carbons (Fsp3) is 0.692. The topological polar surface area (TPSA) is 0 Å². The fourth-order valence-corrected chi connectivity index (χ4v) is 9.59. The van der Waals surface area contributed by atoms with E-state index in [1.165, 1.54) is 30.1 Å². The van der Waals surface area contributed by atoms with Crippen molar-refractivity contribution in [3.63, 3.8) is 0 Å². The third-order valence-corrected chi connectivity index (χ3v) is 10.8. The first-order valence-electron chi connectivity index (χ1n) is 5.88. The predicted molar refractivity (Wildman–Crippen MR) is 68.0 cm³/mol. The molecule has 81 valence electrons. The molecular formula is C13H24LiSn. The molecular weight excluding hydrogens is 282 g/mol. The molecule has 1 radical (unpaired) electrons. The Bertz CT molecular complexity index is 147. The van der Waals surface area contributed by atoms with E-state index in [-0.39, 0.29) is 18.9 Å². The summed E-state index contributed by atoms with van der Waals surface area (Å²) in [6, 6.07) is 0. The Morgan fingerprint density at radius 1 is 1.07 bits per heavy atom. The molecule has 0 aliphatic heterocycles. The van der Waals surface area contributed by atoms with Crippen LogP contribution in [0.4, 0.5) is 0 Å². The zero-order chi connectivity index (χ0) is 10.6. The van der Waals surface area contributed by atoms with Crippen molar-refractivity contribution >= 4 is 19.8 Å². The van der Waals surface area contributed by atoms with Crippen LogP contribution in [0.2, 0.25) is 13.3 Å². The van der Waals surface area contributed by atoms with E-state index in [9.17, 15) is 0 Å². The molecule has 0 fully saturated rings.